The molecule has 0 atom stereocenters. The van der Waals surface area contributed by atoms with Gasteiger partial charge in [0.15, 0.2) is 22.4 Å². The summed E-state index contributed by atoms with van der Waals surface area (Å²) >= 11 is 11.1. The topological polar surface area (TPSA) is 76.4 Å². The molecule has 0 aliphatic rings. The van der Waals surface area contributed by atoms with Gasteiger partial charge in [-0.3, -0.25) is 10.1 Å². The van der Waals surface area contributed by atoms with E-state index in [1.54, 1.807) is 12.1 Å². The second kappa shape index (κ2) is 9.67. The molecule has 1 aromatic carbocycles. The van der Waals surface area contributed by atoms with Crippen LogP contribution >= 0.6 is 23.8 Å². The predicted octanol–water partition coefficient (Wildman–Crippen LogP) is 5.32. The molecule has 9 heteroatoms. The van der Waals surface area contributed by atoms with Crippen LogP contribution in [0.15, 0.2) is 40.9 Å². The molecule has 2 N–H and O–H groups in total. The third-order valence-corrected chi connectivity index (χ3v) is 4.55. The number of rotatable bonds is 7. The summed E-state index contributed by atoms with van der Waals surface area (Å²) in [5.74, 6) is -0.874. The first-order valence-corrected chi connectivity index (χ1v) is 9.85. The van der Waals surface area contributed by atoms with Crippen LogP contribution in [0.4, 0.5) is 10.1 Å². The molecule has 0 bridgehead atoms. The van der Waals surface area contributed by atoms with Gasteiger partial charge in [0.25, 0.3) is 5.91 Å². The van der Waals surface area contributed by atoms with Gasteiger partial charge in [-0.25, -0.2) is 9.37 Å². The van der Waals surface area contributed by atoms with Crippen molar-refractivity contribution in [3.63, 3.8) is 0 Å². The average molecular weight is 436 g/mol. The van der Waals surface area contributed by atoms with Crippen LogP contribution in [-0.2, 0) is 0 Å². The van der Waals surface area contributed by atoms with Gasteiger partial charge in [-0.15, -0.1) is 0 Å². The van der Waals surface area contributed by atoms with Crippen molar-refractivity contribution < 1.29 is 18.3 Å². The number of nitrogens with one attached hydrogen (secondary N) is 2. The molecule has 2 heterocycles. The molecule has 152 valence electrons. The first kappa shape index (κ1) is 21.0. The van der Waals surface area contributed by atoms with Crippen LogP contribution in [-0.4, -0.2) is 22.6 Å². The molecule has 0 aliphatic carbocycles. The van der Waals surface area contributed by atoms with Crippen LogP contribution in [0.5, 0.6) is 5.75 Å². The summed E-state index contributed by atoms with van der Waals surface area (Å²) in [6.45, 7) is 2.55. The number of benzene rings is 1. The Morgan fingerprint density at radius 1 is 1.31 bits per heavy atom. The summed E-state index contributed by atoms with van der Waals surface area (Å²) < 4.78 is 25.0. The zero-order valence-corrected chi connectivity index (χ0v) is 17.2. The third-order valence-electron chi connectivity index (χ3n) is 4.04. The van der Waals surface area contributed by atoms with E-state index in [4.69, 9.17) is 33.0 Å². The van der Waals surface area contributed by atoms with E-state index in [2.05, 4.69) is 22.5 Å². The molecule has 0 spiro atoms. The standard InChI is InChI=1S/C20H19ClFN3O3S/c1-2-3-4-9-27-16-6-5-12(10-14(16)22)24-20(29)25-19(26)17-11-13-15(28-17)7-8-23-18(13)21/h5-8,10-11H,2-4,9H2,1H3,(H2,24,25,26,29). The van der Waals surface area contributed by atoms with Crippen molar-refractivity contribution in [2.45, 2.75) is 26.2 Å². The largest absolute Gasteiger partial charge is 0.491 e. The normalized spacial score (nSPS) is 10.7. The highest BCUT2D eigenvalue weighted by Crippen LogP contribution is 2.25. The van der Waals surface area contributed by atoms with Crippen LogP contribution < -0.4 is 15.4 Å². The minimum absolute atomic E-state index is 0.00399. The number of hydrogen-bond acceptors (Lipinski definition) is 5. The molecule has 0 saturated carbocycles. The minimum atomic E-state index is -0.564. The van der Waals surface area contributed by atoms with Gasteiger partial charge in [0.2, 0.25) is 0 Å². The highest BCUT2D eigenvalue weighted by atomic mass is 35.5. The number of thiocarbonyl (C=S) groups is 1. The Morgan fingerprint density at radius 2 is 2.14 bits per heavy atom. The highest BCUT2D eigenvalue weighted by Gasteiger charge is 2.16. The Bertz CT molecular complexity index is 1040. The maximum Gasteiger partial charge on any atom is 0.293 e. The van der Waals surface area contributed by atoms with E-state index < -0.39 is 11.7 Å². The van der Waals surface area contributed by atoms with Crippen molar-refractivity contribution in [1.29, 1.82) is 0 Å². The summed E-state index contributed by atoms with van der Waals surface area (Å²) in [5.41, 5.74) is 0.816. The van der Waals surface area contributed by atoms with E-state index in [0.29, 0.717) is 23.3 Å². The number of halogens is 2. The smallest absolute Gasteiger partial charge is 0.293 e. The predicted molar refractivity (Wildman–Crippen MR) is 114 cm³/mol. The van der Waals surface area contributed by atoms with E-state index in [0.717, 1.165) is 19.3 Å². The lowest BCUT2D eigenvalue weighted by atomic mass is 10.2. The molecule has 3 rings (SSSR count). The second-order valence-corrected chi connectivity index (χ2v) is 7.00. The molecule has 29 heavy (non-hydrogen) atoms. The highest BCUT2D eigenvalue weighted by molar-refractivity contribution is 7.80. The summed E-state index contributed by atoms with van der Waals surface area (Å²) in [6, 6.07) is 7.46. The van der Waals surface area contributed by atoms with E-state index in [9.17, 15) is 9.18 Å². The third kappa shape index (κ3) is 5.42. The van der Waals surface area contributed by atoms with Gasteiger partial charge in [-0.05, 0) is 36.8 Å². The van der Waals surface area contributed by atoms with Gasteiger partial charge in [0.05, 0.1) is 12.0 Å². The number of carbonyl (C=O) groups excluding carboxylic acids is 1. The van der Waals surface area contributed by atoms with Crippen LogP contribution in [0.1, 0.15) is 36.7 Å². The summed E-state index contributed by atoms with van der Waals surface area (Å²) in [6.07, 6.45) is 4.45. The summed E-state index contributed by atoms with van der Waals surface area (Å²) in [5, 5.41) is 5.99. The fourth-order valence-electron chi connectivity index (χ4n) is 2.60. The number of anilines is 1. The maximum absolute atomic E-state index is 14.2. The molecule has 3 aromatic rings. The van der Waals surface area contributed by atoms with Crippen LogP contribution in [0.3, 0.4) is 0 Å². The van der Waals surface area contributed by atoms with E-state index in [1.807, 2.05) is 0 Å². The van der Waals surface area contributed by atoms with Crippen molar-refractivity contribution in [1.82, 2.24) is 10.3 Å². The van der Waals surface area contributed by atoms with Crippen molar-refractivity contribution >= 4 is 51.5 Å². The van der Waals surface area contributed by atoms with Crippen molar-refractivity contribution in [3.05, 3.63) is 53.3 Å². The van der Waals surface area contributed by atoms with Gasteiger partial charge >= 0.3 is 0 Å². The number of carbonyl (C=O) groups is 1. The number of aromatic nitrogens is 1. The van der Waals surface area contributed by atoms with Crippen LogP contribution in [0.25, 0.3) is 11.0 Å². The molecular weight excluding hydrogens is 417 g/mol. The fraction of sp³-hybridized carbons (Fsp3) is 0.250. The average Bonchev–Trinajstić information content (AvgIpc) is 3.12. The zero-order valence-electron chi connectivity index (χ0n) is 15.6. The first-order valence-electron chi connectivity index (χ1n) is 9.06. The number of unbranched alkanes of at least 4 members (excludes halogenated alkanes) is 2. The molecule has 0 fully saturated rings. The lowest BCUT2D eigenvalue weighted by Crippen LogP contribution is -2.33. The van der Waals surface area contributed by atoms with Gasteiger partial charge in [0.1, 0.15) is 10.7 Å². The monoisotopic (exact) mass is 435 g/mol. The van der Waals surface area contributed by atoms with Crippen LogP contribution in [0.2, 0.25) is 5.15 Å². The second-order valence-electron chi connectivity index (χ2n) is 6.23. The molecule has 6 nitrogen and oxygen atoms in total. The SMILES string of the molecule is CCCCCOc1ccc(NC(=S)NC(=O)c2cc3c(Cl)nccc3o2)cc1F. The fourth-order valence-corrected chi connectivity index (χ4v) is 3.01. The molecule has 2 aromatic heterocycles. The minimum Gasteiger partial charge on any atom is -0.491 e. The first-order chi connectivity index (χ1) is 14.0. The number of ether oxygens (including phenoxy) is 1. The number of amides is 1. The lowest BCUT2D eigenvalue weighted by molar-refractivity contribution is 0.0953. The van der Waals surface area contributed by atoms with Crippen molar-refractivity contribution in [3.8, 4) is 5.75 Å². The zero-order chi connectivity index (χ0) is 20.8. The quantitative estimate of drug-likeness (QED) is 0.297. The molecule has 0 aliphatic heterocycles. The number of fused-ring (bicyclic) bond motifs is 1. The van der Waals surface area contributed by atoms with Gasteiger partial charge in [0, 0.05) is 24.0 Å². The molecule has 0 radical (unpaired) electrons. The van der Waals surface area contributed by atoms with E-state index in [-0.39, 0.29) is 21.8 Å². The molecule has 0 unspecified atom stereocenters. The van der Waals surface area contributed by atoms with E-state index >= 15 is 0 Å². The Balaban J connectivity index is 1.58. The van der Waals surface area contributed by atoms with E-state index in [1.165, 1.54) is 24.4 Å². The number of furan rings is 1. The van der Waals surface area contributed by atoms with Gasteiger partial charge < -0.3 is 14.5 Å². The Kier molecular flexibility index (Phi) is 7.00. The Hall–Kier alpha value is -2.71. The van der Waals surface area contributed by atoms with Crippen molar-refractivity contribution in [2.75, 3.05) is 11.9 Å². The van der Waals surface area contributed by atoms with Crippen molar-refractivity contribution in [2.24, 2.45) is 0 Å². The molecule has 0 saturated heterocycles. The van der Waals surface area contributed by atoms with Gasteiger partial charge in [-0.1, -0.05) is 31.4 Å². The number of nitrogens with zero attached hydrogens (tertiary/aromatic N) is 1. The number of pyridine rings is 1. The van der Waals surface area contributed by atoms with Gasteiger partial charge in [-0.2, -0.15) is 0 Å². The molecular formula is C20H19ClFN3O3S. The van der Waals surface area contributed by atoms with Crippen LogP contribution in [0, 0.1) is 5.82 Å². The summed E-state index contributed by atoms with van der Waals surface area (Å²) in [4.78, 5) is 16.3. The molecule has 1 amide bonds. The lowest BCUT2D eigenvalue weighted by Gasteiger charge is -2.11. The Labute approximate surface area is 177 Å². The maximum atomic E-state index is 14.2. The number of hydrogen-bond donors (Lipinski definition) is 2. The summed E-state index contributed by atoms with van der Waals surface area (Å²) in [7, 11) is 0. The Morgan fingerprint density at radius 3 is 2.86 bits per heavy atom.